The maximum atomic E-state index is 12.0. The molecule has 0 fully saturated rings. The molecule has 0 aliphatic rings. The van der Waals surface area contributed by atoms with Gasteiger partial charge in [0.05, 0.1) is 11.3 Å². The van der Waals surface area contributed by atoms with E-state index in [0.717, 1.165) is 0 Å². The molecule has 5 nitrogen and oxygen atoms in total. The van der Waals surface area contributed by atoms with Gasteiger partial charge in [0, 0.05) is 22.5 Å². The molecule has 2 amide bonds. The van der Waals surface area contributed by atoms with Crippen LogP contribution in [0.2, 0.25) is 0 Å². The number of benzene rings is 1. The summed E-state index contributed by atoms with van der Waals surface area (Å²) in [6.07, 6.45) is 0. The second-order valence-electron chi connectivity index (χ2n) is 4.82. The fraction of sp³-hybridized carbons (Fsp3) is 0.385. The largest absolute Gasteiger partial charge is 0.478 e. The molecule has 2 N–H and O–H groups in total. The number of halogens is 2. The number of carboxylic acid groups (broad SMARTS) is 1. The average Bonchev–Trinajstić information content (AvgIpc) is 2.30. The van der Waals surface area contributed by atoms with Crippen molar-refractivity contribution in [1.82, 2.24) is 4.90 Å². The summed E-state index contributed by atoms with van der Waals surface area (Å²) < 4.78 is 1.13. The van der Waals surface area contributed by atoms with E-state index in [1.54, 1.807) is 13.1 Å². The highest BCUT2D eigenvalue weighted by Crippen LogP contribution is 2.31. The molecule has 0 spiro atoms. The summed E-state index contributed by atoms with van der Waals surface area (Å²) in [6.45, 7) is 4.59. The Hall–Kier alpha value is -1.08. The molecule has 110 valence electrons. The molecule has 1 aromatic rings. The summed E-state index contributed by atoms with van der Waals surface area (Å²) in [5, 5.41) is 11.8. The van der Waals surface area contributed by atoms with Gasteiger partial charge in [0.25, 0.3) is 0 Å². The third kappa shape index (κ3) is 4.49. The van der Waals surface area contributed by atoms with Crippen LogP contribution >= 0.6 is 31.9 Å². The molecule has 0 radical (unpaired) electrons. The van der Waals surface area contributed by atoms with Crippen molar-refractivity contribution in [2.45, 2.75) is 13.8 Å². The van der Waals surface area contributed by atoms with Gasteiger partial charge in [-0.2, -0.15) is 0 Å². The van der Waals surface area contributed by atoms with Crippen LogP contribution in [0.25, 0.3) is 0 Å². The van der Waals surface area contributed by atoms with Crippen LogP contribution in [0.5, 0.6) is 0 Å². The highest BCUT2D eigenvalue weighted by Gasteiger charge is 2.18. The van der Waals surface area contributed by atoms with Crippen LogP contribution in [0.15, 0.2) is 21.1 Å². The van der Waals surface area contributed by atoms with Gasteiger partial charge in [-0.25, -0.2) is 9.59 Å². The summed E-state index contributed by atoms with van der Waals surface area (Å²) in [5.41, 5.74) is 0.277. The Balaban J connectivity index is 3.03. The van der Waals surface area contributed by atoms with Crippen LogP contribution in [-0.2, 0) is 0 Å². The number of urea groups is 1. The summed E-state index contributed by atoms with van der Waals surface area (Å²) in [4.78, 5) is 24.8. The number of nitrogens with zero attached hydrogens (tertiary/aromatic N) is 1. The number of aromatic carboxylic acids is 1. The summed E-state index contributed by atoms with van der Waals surface area (Å²) in [7, 11) is 1.67. The fourth-order valence-electron chi connectivity index (χ4n) is 1.70. The standard InChI is InChI=1S/C13H16Br2N2O3/c1-7(2)6-17(3)13(20)16-11-9(12(18)19)4-8(14)5-10(11)15/h4-5,7H,6H2,1-3H3,(H,16,20)(H,18,19). The number of carbonyl (C=O) groups is 2. The molecule has 0 saturated heterocycles. The van der Waals surface area contributed by atoms with Gasteiger partial charge in [0.2, 0.25) is 0 Å². The van der Waals surface area contributed by atoms with E-state index >= 15 is 0 Å². The van der Waals surface area contributed by atoms with Gasteiger partial charge >= 0.3 is 12.0 Å². The lowest BCUT2D eigenvalue weighted by Crippen LogP contribution is -2.34. The number of carbonyl (C=O) groups excluding carboxylic acids is 1. The number of carboxylic acids is 1. The zero-order valence-electron chi connectivity index (χ0n) is 11.4. The number of amides is 2. The minimum absolute atomic E-state index is 0.0255. The molecule has 7 heteroatoms. The zero-order chi connectivity index (χ0) is 15.4. The lowest BCUT2D eigenvalue weighted by molar-refractivity contribution is 0.0698. The topological polar surface area (TPSA) is 69.6 Å². The molecule has 1 aromatic carbocycles. The van der Waals surface area contributed by atoms with Crippen LogP contribution in [0.1, 0.15) is 24.2 Å². The van der Waals surface area contributed by atoms with Crippen molar-refractivity contribution >= 4 is 49.5 Å². The second kappa shape index (κ2) is 7.08. The van der Waals surface area contributed by atoms with Crippen molar-refractivity contribution in [3.63, 3.8) is 0 Å². The normalized spacial score (nSPS) is 10.5. The second-order valence-corrected chi connectivity index (χ2v) is 6.59. The van der Waals surface area contributed by atoms with E-state index in [2.05, 4.69) is 37.2 Å². The zero-order valence-corrected chi connectivity index (χ0v) is 14.6. The van der Waals surface area contributed by atoms with Crippen LogP contribution in [0, 0.1) is 5.92 Å². The smallest absolute Gasteiger partial charge is 0.337 e. The molecule has 1 rings (SSSR count). The Morgan fingerprint density at radius 3 is 2.45 bits per heavy atom. The Kier molecular flexibility index (Phi) is 6.01. The van der Waals surface area contributed by atoms with E-state index in [4.69, 9.17) is 0 Å². The molecule has 0 aromatic heterocycles. The highest BCUT2D eigenvalue weighted by molar-refractivity contribution is 9.11. The fourth-order valence-corrected chi connectivity index (χ4v) is 3.03. The summed E-state index contributed by atoms with van der Waals surface area (Å²) in [5.74, 6) is -0.771. The van der Waals surface area contributed by atoms with Crippen molar-refractivity contribution in [1.29, 1.82) is 0 Å². The van der Waals surface area contributed by atoms with Crippen molar-refractivity contribution < 1.29 is 14.7 Å². The van der Waals surface area contributed by atoms with E-state index < -0.39 is 5.97 Å². The molecule has 0 saturated carbocycles. The van der Waals surface area contributed by atoms with Gasteiger partial charge in [0.15, 0.2) is 0 Å². The molecule has 0 heterocycles. The molecule has 0 bridgehead atoms. The Bertz CT molecular complexity index is 533. The van der Waals surface area contributed by atoms with Crippen molar-refractivity contribution in [2.24, 2.45) is 5.92 Å². The van der Waals surface area contributed by atoms with Crippen LogP contribution < -0.4 is 5.32 Å². The molecular weight excluding hydrogens is 392 g/mol. The minimum atomic E-state index is -1.10. The Morgan fingerprint density at radius 1 is 1.35 bits per heavy atom. The number of hydrogen-bond acceptors (Lipinski definition) is 2. The van der Waals surface area contributed by atoms with Crippen LogP contribution in [-0.4, -0.2) is 35.6 Å². The van der Waals surface area contributed by atoms with Crippen molar-refractivity contribution in [2.75, 3.05) is 18.9 Å². The van der Waals surface area contributed by atoms with Gasteiger partial charge in [-0.05, 0) is 34.0 Å². The minimum Gasteiger partial charge on any atom is -0.478 e. The summed E-state index contributed by atoms with van der Waals surface area (Å²) in [6, 6.07) is 2.79. The number of anilines is 1. The predicted molar refractivity (Wildman–Crippen MR) is 85.3 cm³/mol. The molecule has 0 unspecified atom stereocenters. The van der Waals surface area contributed by atoms with Crippen LogP contribution in [0.4, 0.5) is 10.5 Å². The number of rotatable bonds is 4. The van der Waals surface area contributed by atoms with E-state index in [-0.39, 0.29) is 17.3 Å². The molecular formula is C13H16Br2N2O3. The summed E-state index contributed by atoms with van der Waals surface area (Å²) >= 11 is 6.50. The van der Waals surface area contributed by atoms with Crippen LogP contribution in [0.3, 0.4) is 0 Å². The first kappa shape index (κ1) is 17.0. The van der Waals surface area contributed by atoms with Gasteiger partial charge in [-0.1, -0.05) is 29.8 Å². The third-order valence-corrected chi connectivity index (χ3v) is 3.59. The first-order valence-electron chi connectivity index (χ1n) is 5.96. The number of nitrogens with one attached hydrogen (secondary N) is 1. The molecule has 20 heavy (non-hydrogen) atoms. The van der Waals surface area contributed by atoms with Crippen molar-refractivity contribution in [3.05, 3.63) is 26.6 Å². The van der Waals surface area contributed by atoms with E-state index in [0.29, 0.717) is 21.4 Å². The molecule has 0 aliphatic heterocycles. The first-order valence-corrected chi connectivity index (χ1v) is 7.55. The van der Waals surface area contributed by atoms with Gasteiger partial charge in [-0.3, -0.25) is 0 Å². The average molecular weight is 408 g/mol. The quantitative estimate of drug-likeness (QED) is 0.791. The Morgan fingerprint density at radius 2 is 1.95 bits per heavy atom. The highest BCUT2D eigenvalue weighted by atomic mass is 79.9. The Labute approximate surface area is 134 Å². The molecule has 0 aliphatic carbocycles. The number of hydrogen-bond donors (Lipinski definition) is 2. The van der Waals surface area contributed by atoms with E-state index in [9.17, 15) is 14.7 Å². The van der Waals surface area contributed by atoms with E-state index in [1.807, 2.05) is 13.8 Å². The van der Waals surface area contributed by atoms with Gasteiger partial charge in [-0.15, -0.1) is 0 Å². The third-order valence-electron chi connectivity index (χ3n) is 2.50. The van der Waals surface area contributed by atoms with Gasteiger partial charge < -0.3 is 15.3 Å². The lowest BCUT2D eigenvalue weighted by atomic mass is 10.2. The lowest BCUT2D eigenvalue weighted by Gasteiger charge is -2.21. The molecule has 0 atom stereocenters. The first-order chi connectivity index (χ1) is 9.22. The predicted octanol–water partition coefficient (Wildman–Crippen LogP) is 4.03. The SMILES string of the molecule is CC(C)CN(C)C(=O)Nc1c(Br)cc(Br)cc1C(=O)O. The maximum absolute atomic E-state index is 12.0. The van der Waals surface area contributed by atoms with Gasteiger partial charge in [0.1, 0.15) is 0 Å². The van der Waals surface area contributed by atoms with E-state index in [1.165, 1.54) is 11.0 Å². The van der Waals surface area contributed by atoms with Crippen molar-refractivity contribution in [3.8, 4) is 0 Å². The maximum Gasteiger partial charge on any atom is 0.337 e. The monoisotopic (exact) mass is 406 g/mol.